The number of ether oxygens (including phenoxy) is 1. The molecule has 0 spiro atoms. The SMILES string of the molecule is OCC(Cc1ccccc1Br)CC1Cc2ccccc2O1. The molecule has 0 saturated heterocycles. The van der Waals surface area contributed by atoms with Crippen molar-refractivity contribution in [2.45, 2.75) is 25.4 Å². The Bertz CT molecular complexity index is 587. The van der Waals surface area contributed by atoms with E-state index in [1.165, 1.54) is 11.1 Å². The minimum Gasteiger partial charge on any atom is -0.490 e. The van der Waals surface area contributed by atoms with Gasteiger partial charge < -0.3 is 9.84 Å². The molecule has 2 nitrogen and oxygen atoms in total. The van der Waals surface area contributed by atoms with E-state index in [0.717, 1.165) is 29.5 Å². The summed E-state index contributed by atoms with van der Waals surface area (Å²) >= 11 is 3.58. The van der Waals surface area contributed by atoms with Crippen molar-refractivity contribution in [2.24, 2.45) is 5.92 Å². The monoisotopic (exact) mass is 346 g/mol. The normalized spacial score (nSPS) is 18.1. The van der Waals surface area contributed by atoms with Crippen LogP contribution in [0.4, 0.5) is 0 Å². The van der Waals surface area contributed by atoms with Gasteiger partial charge in [-0.1, -0.05) is 52.3 Å². The maximum absolute atomic E-state index is 9.68. The number of aliphatic hydroxyl groups is 1. The predicted molar refractivity (Wildman–Crippen MR) is 87.6 cm³/mol. The average molecular weight is 347 g/mol. The lowest BCUT2D eigenvalue weighted by molar-refractivity contribution is 0.149. The summed E-state index contributed by atoms with van der Waals surface area (Å²) < 4.78 is 7.09. The third kappa shape index (κ3) is 3.47. The molecule has 2 aromatic rings. The second-order valence-corrected chi connectivity index (χ2v) is 6.49. The lowest BCUT2D eigenvalue weighted by Crippen LogP contribution is -2.22. The first kappa shape index (κ1) is 14.6. The minimum absolute atomic E-state index is 0.182. The van der Waals surface area contributed by atoms with Gasteiger partial charge in [0.05, 0.1) is 0 Å². The highest BCUT2D eigenvalue weighted by molar-refractivity contribution is 9.10. The second-order valence-electron chi connectivity index (χ2n) is 5.63. The van der Waals surface area contributed by atoms with Gasteiger partial charge in [0.25, 0.3) is 0 Å². The third-order valence-corrected chi connectivity index (χ3v) is 4.81. The molecule has 110 valence electrons. The molecular formula is C18H19BrO2. The van der Waals surface area contributed by atoms with E-state index in [4.69, 9.17) is 4.74 Å². The van der Waals surface area contributed by atoms with E-state index in [1.807, 2.05) is 30.3 Å². The molecule has 21 heavy (non-hydrogen) atoms. The predicted octanol–water partition coefficient (Wildman–Crippen LogP) is 3.99. The van der Waals surface area contributed by atoms with Crippen LogP contribution >= 0.6 is 15.9 Å². The van der Waals surface area contributed by atoms with E-state index in [2.05, 4.69) is 34.1 Å². The fraction of sp³-hybridized carbons (Fsp3) is 0.333. The van der Waals surface area contributed by atoms with Gasteiger partial charge in [-0.15, -0.1) is 0 Å². The van der Waals surface area contributed by atoms with Gasteiger partial charge in [0, 0.05) is 17.5 Å². The van der Waals surface area contributed by atoms with Crippen molar-refractivity contribution in [1.82, 2.24) is 0 Å². The van der Waals surface area contributed by atoms with E-state index in [0.29, 0.717) is 0 Å². The molecule has 0 aromatic heterocycles. The van der Waals surface area contributed by atoms with E-state index < -0.39 is 0 Å². The van der Waals surface area contributed by atoms with E-state index in [9.17, 15) is 5.11 Å². The number of fused-ring (bicyclic) bond motifs is 1. The topological polar surface area (TPSA) is 29.5 Å². The molecule has 1 N–H and O–H groups in total. The average Bonchev–Trinajstić information content (AvgIpc) is 2.91. The molecular weight excluding hydrogens is 328 g/mol. The fourth-order valence-corrected chi connectivity index (χ4v) is 3.40. The van der Waals surface area contributed by atoms with Crippen molar-refractivity contribution < 1.29 is 9.84 Å². The molecule has 1 aliphatic rings. The maximum atomic E-state index is 9.68. The van der Waals surface area contributed by atoms with Gasteiger partial charge in [-0.25, -0.2) is 0 Å². The molecule has 0 radical (unpaired) electrons. The van der Waals surface area contributed by atoms with Crippen molar-refractivity contribution in [3.05, 3.63) is 64.1 Å². The van der Waals surface area contributed by atoms with Crippen molar-refractivity contribution in [3.8, 4) is 5.75 Å². The smallest absolute Gasteiger partial charge is 0.123 e. The molecule has 0 amide bonds. The zero-order chi connectivity index (χ0) is 14.7. The van der Waals surface area contributed by atoms with Gasteiger partial charge in [-0.3, -0.25) is 0 Å². The van der Waals surface area contributed by atoms with Gasteiger partial charge in [-0.2, -0.15) is 0 Å². The number of hydrogen-bond acceptors (Lipinski definition) is 2. The summed E-state index contributed by atoms with van der Waals surface area (Å²) in [7, 11) is 0. The second kappa shape index (κ2) is 6.63. The van der Waals surface area contributed by atoms with Gasteiger partial charge >= 0.3 is 0 Å². The highest BCUT2D eigenvalue weighted by Gasteiger charge is 2.25. The molecule has 0 aliphatic carbocycles. The summed E-state index contributed by atoms with van der Waals surface area (Å²) in [6, 6.07) is 16.4. The van der Waals surface area contributed by atoms with Crippen molar-refractivity contribution in [1.29, 1.82) is 0 Å². The Balaban J connectivity index is 1.63. The Kier molecular flexibility index (Phi) is 4.61. The Hall–Kier alpha value is -1.32. The van der Waals surface area contributed by atoms with E-state index in [-0.39, 0.29) is 18.6 Å². The highest BCUT2D eigenvalue weighted by atomic mass is 79.9. The molecule has 2 unspecified atom stereocenters. The molecule has 1 aliphatic heterocycles. The summed E-state index contributed by atoms with van der Waals surface area (Å²) in [6.07, 6.45) is 2.88. The molecule has 3 heteroatoms. The lowest BCUT2D eigenvalue weighted by atomic mass is 9.93. The summed E-state index contributed by atoms with van der Waals surface area (Å²) in [5.41, 5.74) is 2.52. The molecule has 0 fully saturated rings. The molecule has 2 aromatic carbocycles. The molecule has 0 bridgehead atoms. The van der Waals surface area contributed by atoms with Crippen LogP contribution in [0, 0.1) is 5.92 Å². The van der Waals surface area contributed by atoms with Crippen LogP contribution in [0.15, 0.2) is 53.0 Å². The Morgan fingerprint density at radius 1 is 1.14 bits per heavy atom. The summed E-state index contributed by atoms with van der Waals surface area (Å²) in [6.45, 7) is 0.192. The van der Waals surface area contributed by atoms with Crippen LogP contribution in [-0.2, 0) is 12.8 Å². The van der Waals surface area contributed by atoms with Crippen molar-refractivity contribution >= 4 is 15.9 Å². The van der Waals surface area contributed by atoms with E-state index in [1.54, 1.807) is 0 Å². The zero-order valence-electron chi connectivity index (χ0n) is 11.8. The van der Waals surface area contributed by atoms with Crippen LogP contribution in [0.1, 0.15) is 17.5 Å². The van der Waals surface area contributed by atoms with E-state index >= 15 is 0 Å². The van der Waals surface area contributed by atoms with Gasteiger partial charge in [0.2, 0.25) is 0 Å². The Morgan fingerprint density at radius 3 is 2.67 bits per heavy atom. The maximum Gasteiger partial charge on any atom is 0.123 e. The summed E-state index contributed by atoms with van der Waals surface area (Å²) in [4.78, 5) is 0. The standard InChI is InChI=1S/C18H19BrO2/c19-17-7-3-1-5-14(17)9-13(12-20)10-16-11-15-6-2-4-8-18(15)21-16/h1-8,13,16,20H,9-12H2. The fourth-order valence-electron chi connectivity index (χ4n) is 2.95. The first-order valence-corrected chi connectivity index (χ1v) is 8.14. The Morgan fingerprint density at radius 2 is 1.90 bits per heavy atom. The van der Waals surface area contributed by atoms with Crippen LogP contribution in [0.2, 0.25) is 0 Å². The van der Waals surface area contributed by atoms with Crippen LogP contribution < -0.4 is 4.74 Å². The Labute approximate surface area is 133 Å². The number of aliphatic hydroxyl groups excluding tert-OH is 1. The minimum atomic E-state index is 0.182. The number of rotatable bonds is 5. The van der Waals surface area contributed by atoms with Gasteiger partial charge in [-0.05, 0) is 42.0 Å². The molecule has 3 rings (SSSR count). The summed E-state index contributed by atoms with van der Waals surface area (Å²) in [5.74, 6) is 1.23. The molecule has 1 heterocycles. The molecule has 0 saturated carbocycles. The van der Waals surface area contributed by atoms with Crippen molar-refractivity contribution in [3.63, 3.8) is 0 Å². The van der Waals surface area contributed by atoms with Crippen molar-refractivity contribution in [2.75, 3.05) is 6.61 Å². The zero-order valence-corrected chi connectivity index (χ0v) is 13.4. The number of benzene rings is 2. The van der Waals surface area contributed by atoms with Crippen LogP contribution in [0.5, 0.6) is 5.75 Å². The number of halogens is 1. The largest absolute Gasteiger partial charge is 0.490 e. The quantitative estimate of drug-likeness (QED) is 0.886. The summed E-state index contributed by atoms with van der Waals surface area (Å²) in [5, 5.41) is 9.68. The molecule has 2 atom stereocenters. The van der Waals surface area contributed by atoms with Crippen LogP contribution in [0.3, 0.4) is 0 Å². The lowest BCUT2D eigenvalue weighted by Gasteiger charge is -2.19. The number of para-hydroxylation sites is 1. The van der Waals surface area contributed by atoms with Gasteiger partial charge in [0.15, 0.2) is 0 Å². The number of hydrogen-bond donors (Lipinski definition) is 1. The first-order valence-electron chi connectivity index (χ1n) is 7.35. The van der Waals surface area contributed by atoms with Crippen LogP contribution in [-0.4, -0.2) is 17.8 Å². The van der Waals surface area contributed by atoms with Gasteiger partial charge in [0.1, 0.15) is 11.9 Å². The third-order valence-electron chi connectivity index (χ3n) is 4.03. The van der Waals surface area contributed by atoms with Crippen LogP contribution in [0.25, 0.3) is 0 Å². The highest BCUT2D eigenvalue weighted by Crippen LogP contribution is 2.32. The first-order chi connectivity index (χ1) is 10.3.